The van der Waals surface area contributed by atoms with Crippen LogP contribution in [0, 0.1) is 0 Å². The number of aromatic nitrogens is 3. The van der Waals surface area contributed by atoms with Crippen LogP contribution in [0.15, 0.2) is 30.0 Å². The van der Waals surface area contributed by atoms with Crippen molar-refractivity contribution in [1.29, 1.82) is 0 Å². The van der Waals surface area contributed by atoms with E-state index in [0.717, 1.165) is 33.7 Å². The average molecular weight is 273 g/mol. The van der Waals surface area contributed by atoms with Gasteiger partial charge in [-0.25, -0.2) is 4.98 Å². The Morgan fingerprint density at radius 2 is 2.26 bits per heavy atom. The number of nitrogens with two attached hydrogens (primary N) is 1. The number of fused-ring (bicyclic) bond motifs is 1. The molecule has 0 amide bonds. The molecule has 0 aliphatic heterocycles. The van der Waals surface area contributed by atoms with E-state index < -0.39 is 0 Å². The molecule has 3 aromatic rings. The van der Waals surface area contributed by atoms with E-state index in [2.05, 4.69) is 21.0 Å². The van der Waals surface area contributed by atoms with Crippen LogP contribution in [0.2, 0.25) is 0 Å². The molecule has 6 heteroatoms. The molecular formula is C13H15N5S. The van der Waals surface area contributed by atoms with Crippen LogP contribution in [0.5, 0.6) is 0 Å². The van der Waals surface area contributed by atoms with Crippen molar-refractivity contribution in [3.05, 3.63) is 35.6 Å². The first-order valence-electron chi connectivity index (χ1n) is 5.95. The van der Waals surface area contributed by atoms with Gasteiger partial charge in [0.05, 0.1) is 27.8 Å². The molecule has 0 saturated carbocycles. The van der Waals surface area contributed by atoms with Gasteiger partial charge in [-0.2, -0.15) is 5.10 Å². The standard InChI is InChI=1S/C13H15N5S/c1-17(6-9-5-16-18(2)7-9)10-3-4-11-13(12(10)14)15-8-19-11/h3-5,7-8H,6,14H2,1-2H3. The molecule has 0 spiro atoms. The summed E-state index contributed by atoms with van der Waals surface area (Å²) in [5.74, 6) is 0. The Balaban J connectivity index is 1.92. The maximum absolute atomic E-state index is 6.20. The van der Waals surface area contributed by atoms with Crippen molar-refractivity contribution in [3.63, 3.8) is 0 Å². The van der Waals surface area contributed by atoms with Crippen molar-refractivity contribution in [2.45, 2.75) is 6.54 Å². The minimum absolute atomic E-state index is 0.741. The lowest BCUT2D eigenvalue weighted by molar-refractivity contribution is 0.766. The summed E-state index contributed by atoms with van der Waals surface area (Å²) in [5, 5.41) is 4.18. The molecule has 3 rings (SSSR count). The number of hydrogen-bond donors (Lipinski definition) is 1. The second kappa shape index (κ2) is 4.55. The Hall–Kier alpha value is -2.08. The van der Waals surface area contributed by atoms with Crippen LogP contribution in [0.25, 0.3) is 10.2 Å². The van der Waals surface area contributed by atoms with Crippen molar-refractivity contribution >= 4 is 32.9 Å². The van der Waals surface area contributed by atoms with Crippen molar-refractivity contribution in [1.82, 2.24) is 14.8 Å². The molecule has 98 valence electrons. The molecule has 0 saturated heterocycles. The molecule has 0 fully saturated rings. The topological polar surface area (TPSA) is 60.0 Å². The normalized spacial score (nSPS) is 11.1. The third-order valence-corrected chi connectivity index (χ3v) is 3.90. The second-order valence-electron chi connectivity index (χ2n) is 4.58. The van der Waals surface area contributed by atoms with Gasteiger partial charge in [0.2, 0.25) is 0 Å². The number of anilines is 2. The van der Waals surface area contributed by atoms with Crippen molar-refractivity contribution in [2.75, 3.05) is 17.7 Å². The zero-order chi connectivity index (χ0) is 13.4. The fourth-order valence-corrected chi connectivity index (χ4v) is 2.88. The molecule has 5 nitrogen and oxygen atoms in total. The first-order valence-corrected chi connectivity index (χ1v) is 6.83. The summed E-state index contributed by atoms with van der Waals surface area (Å²) in [7, 11) is 3.94. The molecule has 2 aromatic heterocycles. The molecule has 0 radical (unpaired) electrons. The molecule has 0 bridgehead atoms. The Bertz CT molecular complexity index is 715. The zero-order valence-corrected chi connectivity index (χ0v) is 11.7. The Morgan fingerprint density at radius 1 is 1.42 bits per heavy atom. The average Bonchev–Trinajstić information content (AvgIpc) is 2.99. The smallest absolute Gasteiger partial charge is 0.106 e. The SMILES string of the molecule is CN(Cc1cnn(C)c1)c1ccc2scnc2c1N. The molecule has 2 heterocycles. The van der Waals surface area contributed by atoms with Crippen LogP contribution >= 0.6 is 11.3 Å². The molecule has 0 aliphatic rings. The highest BCUT2D eigenvalue weighted by Gasteiger charge is 2.11. The van der Waals surface area contributed by atoms with Gasteiger partial charge in [-0.15, -0.1) is 11.3 Å². The van der Waals surface area contributed by atoms with Crippen LogP contribution in [0.3, 0.4) is 0 Å². The quantitative estimate of drug-likeness (QED) is 0.744. The molecule has 1 aromatic carbocycles. The summed E-state index contributed by atoms with van der Waals surface area (Å²) in [6, 6.07) is 4.12. The lowest BCUT2D eigenvalue weighted by Gasteiger charge is -2.20. The van der Waals surface area contributed by atoms with Gasteiger partial charge >= 0.3 is 0 Å². The van der Waals surface area contributed by atoms with Gasteiger partial charge in [0.25, 0.3) is 0 Å². The Morgan fingerprint density at radius 3 is 3.00 bits per heavy atom. The summed E-state index contributed by atoms with van der Waals surface area (Å²) >= 11 is 1.61. The Labute approximate surface area is 115 Å². The summed E-state index contributed by atoms with van der Waals surface area (Å²) in [4.78, 5) is 6.44. The largest absolute Gasteiger partial charge is 0.395 e. The highest BCUT2D eigenvalue weighted by Crippen LogP contribution is 2.32. The number of nitrogen functional groups attached to an aromatic ring is 1. The highest BCUT2D eigenvalue weighted by atomic mass is 32.1. The van der Waals surface area contributed by atoms with E-state index in [1.165, 1.54) is 0 Å². The van der Waals surface area contributed by atoms with Crippen molar-refractivity contribution in [2.24, 2.45) is 7.05 Å². The predicted octanol–water partition coefficient (Wildman–Crippen LogP) is 2.25. The van der Waals surface area contributed by atoms with Crippen LogP contribution in [0.1, 0.15) is 5.56 Å². The molecule has 0 atom stereocenters. The lowest BCUT2D eigenvalue weighted by atomic mass is 10.2. The van der Waals surface area contributed by atoms with Crippen LogP contribution in [-0.4, -0.2) is 21.8 Å². The van der Waals surface area contributed by atoms with Crippen LogP contribution < -0.4 is 10.6 Å². The van der Waals surface area contributed by atoms with Crippen molar-refractivity contribution in [3.8, 4) is 0 Å². The highest BCUT2D eigenvalue weighted by molar-refractivity contribution is 7.16. The molecule has 2 N–H and O–H groups in total. The van der Waals surface area contributed by atoms with E-state index >= 15 is 0 Å². The molecule has 0 unspecified atom stereocenters. The maximum Gasteiger partial charge on any atom is 0.106 e. The number of benzene rings is 1. The fraction of sp³-hybridized carbons (Fsp3) is 0.231. The van der Waals surface area contributed by atoms with E-state index in [0.29, 0.717) is 0 Å². The summed E-state index contributed by atoms with van der Waals surface area (Å²) < 4.78 is 2.92. The van der Waals surface area contributed by atoms with Gasteiger partial charge in [0, 0.05) is 32.4 Å². The van der Waals surface area contributed by atoms with Gasteiger partial charge in [0.1, 0.15) is 5.52 Å². The maximum atomic E-state index is 6.20. The zero-order valence-electron chi connectivity index (χ0n) is 10.9. The number of hydrogen-bond acceptors (Lipinski definition) is 5. The monoisotopic (exact) mass is 273 g/mol. The number of aryl methyl sites for hydroxylation is 1. The summed E-state index contributed by atoms with van der Waals surface area (Å²) in [6.45, 7) is 0.772. The van der Waals surface area contributed by atoms with Gasteiger partial charge in [0.15, 0.2) is 0 Å². The van der Waals surface area contributed by atoms with E-state index in [4.69, 9.17) is 5.73 Å². The third kappa shape index (κ3) is 2.15. The first-order chi connectivity index (χ1) is 9.15. The van der Waals surface area contributed by atoms with Crippen LogP contribution in [-0.2, 0) is 13.6 Å². The lowest BCUT2D eigenvalue weighted by Crippen LogP contribution is -2.17. The fourth-order valence-electron chi connectivity index (χ4n) is 2.19. The summed E-state index contributed by atoms with van der Waals surface area (Å²) in [5.41, 5.74) is 11.8. The minimum Gasteiger partial charge on any atom is -0.395 e. The van der Waals surface area contributed by atoms with Crippen LogP contribution in [0.4, 0.5) is 11.4 Å². The van der Waals surface area contributed by atoms with E-state index in [9.17, 15) is 0 Å². The number of thiazole rings is 1. The third-order valence-electron chi connectivity index (χ3n) is 3.11. The summed E-state index contributed by atoms with van der Waals surface area (Å²) in [6.07, 6.45) is 3.88. The second-order valence-corrected chi connectivity index (χ2v) is 5.46. The van der Waals surface area contributed by atoms with Crippen molar-refractivity contribution < 1.29 is 0 Å². The van der Waals surface area contributed by atoms with Gasteiger partial charge in [-0.3, -0.25) is 4.68 Å². The molecular weight excluding hydrogens is 258 g/mol. The van der Waals surface area contributed by atoms with Gasteiger partial charge < -0.3 is 10.6 Å². The first kappa shape index (κ1) is 12.0. The predicted molar refractivity (Wildman–Crippen MR) is 79.3 cm³/mol. The van der Waals surface area contributed by atoms with Gasteiger partial charge in [-0.1, -0.05) is 0 Å². The molecule has 0 aliphatic carbocycles. The minimum atomic E-state index is 0.741. The Kier molecular flexibility index (Phi) is 2.87. The van der Waals surface area contributed by atoms with Gasteiger partial charge in [-0.05, 0) is 12.1 Å². The number of rotatable bonds is 3. The van der Waals surface area contributed by atoms with E-state index in [-0.39, 0.29) is 0 Å². The number of nitrogens with zero attached hydrogens (tertiary/aromatic N) is 4. The van der Waals surface area contributed by atoms with E-state index in [1.54, 1.807) is 16.0 Å². The molecule has 19 heavy (non-hydrogen) atoms. The van der Waals surface area contributed by atoms with E-state index in [1.807, 2.05) is 38.1 Å².